The number of benzene rings is 3. The molecule has 1 amide bonds. The number of rotatable bonds is 13. The summed E-state index contributed by atoms with van der Waals surface area (Å²) in [4.78, 5) is 24.3. The van der Waals surface area contributed by atoms with Gasteiger partial charge in [0.15, 0.2) is 12.6 Å². The highest BCUT2D eigenvalue weighted by atomic mass is 16.5. The van der Waals surface area contributed by atoms with Crippen molar-refractivity contribution in [2.75, 3.05) is 6.61 Å². The number of amides is 1. The maximum atomic E-state index is 12.6. The van der Waals surface area contributed by atoms with Crippen molar-refractivity contribution in [3.8, 4) is 5.75 Å². The van der Waals surface area contributed by atoms with E-state index in [1.807, 2.05) is 13.0 Å². The third-order valence-electron chi connectivity index (χ3n) is 8.56. The first kappa shape index (κ1) is 32.9. The van der Waals surface area contributed by atoms with Crippen molar-refractivity contribution >= 4 is 11.9 Å². The normalized spacial score (nSPS) is 13.3. The molecule has 0 saturated carbocycles. The number of aliphatic hydroxyl groups excluding tert-OH is 1. The first-order chi connectivity index (χ1) is 19.8. The zero-order valence-corrected chi connectivity index (χ0v) is 26.2. The molecule has 3 N–H and O–H groups in total. The smallest absolute Gasteiger partial charge is 0.330 e. The summed E-state index contributed by atoms with van der Waals surface area (Å²) >= 11 is 0. The van der Waals surface area contributed by atoms with Crippen LogP contribution >= 0.6 is 0 Å². The van der Waals surface area contributed by atoms with Crippen LogP contribution in [0, 0.1) is 19.3 Å². The van der Waals surface area contributed by atoms with Crippen LogP contribution in [0.4, 0.5) is 0 Å². The van der Waals surface area contributed by atoms with E-state index in [1.165, 1.54) is 22.3 Å². The maximum absolute atomic E-state index is 12.6. The molecule has 0 spiro atoms. The van der Waals surface area contributed by atoms with Gasteiger partial charge in [0.2, 0.25) is 0 Å². The molecule has 0 radical (unpaired) electrons. The van der Waals surface area contributed by atoms with Crippen molar-refractivity contribution in [3.63, 3.8) is 0 Å². The summed E-state index contributed by atoms with van der Waals surface area (Å²) in [5, 5.41) is 22.7. The third-order valence-corrected chi connectivity index (χ3v) is 8.56. The number of nitrogens with one attached hydrogen (secondary N) is 1. The van der Waals surface area contributed by atoms with Crippen LogP contribution in [0.2, 0.25) is 0 Å². The van der Waals surface area contributed by atoms with Crippen LogP contribution in [0.5, 0.6) is 5.75 Å². The molecule has 42 heavy (non-hydrogen) atoms. The number of carboxylic acid groups (broad SMARTS) is 1. The molecule has 0 aliphatic rings. The lowest BCUT2D eigenvalue weighted by Gasteiger charge is -2.34. The van der Waals surface area contributed by atoms with E-state index < -0.39 is 17.9 Å². The van der Waals surface area contributed by atoms with E-state index in [1.54, 1.807) is 30.3 Å². The standard InChI is InChI=1S/C36H47NO5/c1-8-36(9-2,28-17-15-26(24(3)21-28)16-20-31(38)35(5,6)7)29-18-19-30(25(4)22-29)42-23-32(39)37-33(34(40)41)27-13-11-10-12-14-27/h10-15,17-19,21-22,31,33,38H,8-9,16,20,23H2,1-7H3,(H,37,39)(H,40,41)/t31?,33-/m0/s1. The van der Waals surface area contributed by atoms with Crippen molar-refractivity contribution in [2.45, 2.75) is 91.7 Å². The zero-order valence-electron chi connectivity index (χ0n) is 26.2. The number of carbonyl (C=O) groups is 2. The SMILES string of the molecule is CCC(CC)(c1ccc(CCC(O)C(C)(C)C)c(C)c1)c1ccc(OCC(=O)N[C@H](C(=O)O)c2ccccc2)c(C)c1. The van der Waals surface area contributed by atoms with Crippen molar-refractivity contribution in [1.82, 2.24) is 5.32 Å². The van der Waals surface area contributed by atoms with Crippen molar-refractivity contribution < 1.29 is 24.5 Å². The van der Waals surface area contributed by atoms with Crippen LogP contribution in [0.15, 0.2) is 66.7 Å². The number of hydrogen-bond acceptors (Lipinski definition) is 4. The minimum Gasteiger partial charge on any atom is -0.484 e. The van der Waals surface area contributed by atoms with Gasteiger partial charge in [-0.3, -0.25) is 4.79 Å². The van der Waals surface area contributed by atoms with Gasteiger partial charge in [-0.1, -0.05) is 95.3 Å². The van der Waals surface area contributed by atoms with Gasteiger partial charge in [-0.15, -0.1) is 0 Å². The van der Waals surface area contributed by atoms with E-state index in [2.05, 4.69) is 77.2 Å². The molecule has 6 heteroatoms. The van der Waals surface area contributed by atoms with Crippen molar-refractivity contribution in [3.05, 3.63) is 100 Å². The Hall–Kier alpha value is -3.64. The average molecular weight is 574 g/mol. The highest BCUT2D eigenvalue weighted by Gasteiger charge is 2.32. The Balaban J connectivity index is 1.75. The Kier molecular flexibility index (Phi) is 11.0. The number of carbonyl (C=O) groups excluding carboxylic acids is 1. The van der Waals surface area contributed by atoms with Gasteiger partial charge in [0, 0.05) is 5.41 Å². The topological polar surface area (TPSA) is 95.9 Å². The second-order valence-corrected chi connectivity index (χ2v) is 12.4. The lowest BCUT2D eigenvalue weighted by Crippen LogP contribution is -2.36. The number of aryl methyl sites for hydroxylation is 3. The predicted octanol–water partition coefficient (Wildman–Crippen LogP) is 7.07. The van der Waals surface area contributed by atoms with Crippen LogP contribution < -0.4 is 10.1 Å². The Morgan fingerprint density at radius 2 is 1.48 bits per heavy atom. The predicted molar refractivity (Wildman–Crippen MR) is 168 cm³/mol. The van der Waals surface area contributed by atoms with Crippen LogP contribution in [-0.4, -0.2) is 34.8 Å². The molecule has 3 aromatic rings. The molecule has 2 atom stereocenters. The van der Waals surface area contributed by atoms with E-state index in [4.69, 9.17) is 4.74 Å². The van der Waals surface area contributed by atoms with E-state index in [-0.39, 0.29) is 23.5 Å². The van der Waals surface area contributed by atoms with E-state index in [0.717, 1.165) is 31.2 Å². The lowest BCUT2D eigenvalue weighted by molar-refractivity contribution is -0.142. The number of carboxylic acids is 1. The minimum atomic E-state index is -1.14. The highest BCUT2D eigenvalue weighted by molar-refractivity contribution is 5.85. The Morgan fingerprint density at radius 3 is 2.00 bits per heavy atom. The van der Waals surface area contributed by atoms with Gasteiger partial charge in [-0.2, -0.15) is 0 Å². The van der Waals surface area contributed by atoms with Crippen molar-refractivity contribution in [2.24, 2.45) is 5.41 Å². The molecule has 226 valence electrons. The summed E-state index contributed by atoms with van der Waals surface area (Å²) < 4.78 is 5.84. The first-order valence-electron chi connectivity index (χ1n) is 14.9. The number of hydrogen-bond donors (Lipinski definition) is 3. The summed E-state index contributed by atoms with van der Waals surface area (Å²) in [6.07, 6.45) is 3.07. The zero-order chi connectivity index (χ0) is 31.1. The average Bonchev–Trinajstić information content (AvgIpc) is 2.95. The summed E-state index contributed by atoms with van der Waals surface area (Å²) in [7, 11) is 0. The first-order valence-corrected chi connectivity index (χ1v) is 14.9. The molecule has 0 aliphatic carbocycles. The molecule has 3 aromatic carbocycles. The van der Waals surface area contributed by atoms with Gasteiger partial charge in [0.25, 0.3) is 5.91 Å². The highest BCUT2D eigenvalue weighted by Crippen LogP contribution is 2.41. The van der Waals surface area contributed by atoms with Crippen LogP contribution in [0.3, 0.4) is 0 Å². The number of aliphatic carboxylic acids is 1. The molecule has 6 nitrogen and oxygen atoms in total. The van der Waals surface area contributed by atoms with Crippen LogP contribution in [-0.2, 0) is 21.4 Å². The van der Waals surface area contributed by atoms with Gasteiger partial charge < -0.3 is 20.3 Å². The molecule has 0 fully saturated rings. The van der Waals surface area contributed by atoms with Crippen LogP contribution in [0.1, 0.15) is 93.3 Å². The Bertz CT molecular complexity index is 1350. The Labute approximate surface area is 251 Å². The summed E-state index contributed by atoms with van der Waals surface area (Å²) in [5.41, 5.74) is 6.05. The molecule has 3 rings (SSSR count). The minimum absolute atomic E-state index is 0.131. The number of ether oxygens (including phenoxy) is 1. The third kappa shape index (κ3) is 7.80. The van der Waals surface area contributed by atoms with Gasteiger partial charge in [0.05, 0.1) is 6.10 Å². The Morgan fingerprint density at radius 1 is 0.881 bits per heavy atom. The van der Waals surface area contributed by atoms with Gasteiger partial charge in [-0.05, 0) is 84.4 Å². The van der Waals surface area contributed by atoms with Crippen molar-refractivity contribution in [1.29, 1.82) is 0 Å². The molecule has 1 unspecified atom stereocenters. The summed E-state index contributed by atoms with van der Waals surface area (Å²) in [6.45, 7) is 14.5. The molecule has 0 bridgehead atoms. The molecule has 0 aliphatic heterocycles. The molecular formula is C36H47NO5. The fourth-order valence-corrected chi connectivity index (χ4v) is 5.62. The van der Waals surface area contributed by atoms with E-state index in [0.29, 0.717) is 11.3 Å². The molecule has 0 heterocycles. The summed E-state index contributed by atoms with van der Waals surface area (Å²) in [6, 6.07) is 20.3. The fraction of sp³-hybridized carbons (Fsp3) is 0.444. The second-order valence-electron chi connectivity index (χ2n) is 12.4. The monoisotopic (exact) mass is 573 g/mol. The number of aliphatic hydroxyl groups is 1. The van der Waals surface area contributed by atoms with E-state index in [9.17, 15) is 19.8 Å². The molecule has 0 saturated heterocycles. The van der Waals surface area contributed by atoms with Gasteiger partial charge in [0.1, 0.15) is 5.75 Å². The van der Waals surface area contributed by atoms with Gasteiger partial charge in [-0.25, -0.2) is 4.79 Å². The lowest BCUT2D eigenvalue weighted by atomic mass is 9.69. The molecule has 0 aromatic heterocycles. The fourth-order valence-electron chi connectivity index (χ4n) is 5.62. The largest absolute Gasteiger partial charge is 0.484 e. The molecular weight excluding hydrogens is 526 g/mol. The van der Waals surface area contributed by atoms with Crippen LogP contribution in [0.25, 0.3) is 0 Å². The quantitative estimate of drug-likeness (QED) is 0.203. The maximum Gasteiger partial charge on any atom is 0.330 e. The van der Waals surface area contributed by atoms with Gasteiger partial charge >= 0.3 is 5.97 Å². The summed E-state index contributed by atoms with van der Waals surface area (Å²) in [5.74, 6) is -1.04. The van der Waals surface area contributed by atoms with E-state index >= 15 is 0 Å². The second kappa shape index (κ2) is 14.0.